The second-order valence-electron chi connectivity index (χ2n) is 5.35. The van der Waals surface area contributed by atoms with Gasteiger partial charge >= 0.3 is 5.97 Å². The molecule has 0 saturated heterocycles. The lowest BCUT2D eigenvalue weighted by atomic mass is 10.1. The molecule has 0 atom stereocenters. The molecule has 0 spiro atoms. The molecule has 4 heteroatoms. The minimum absolute atomic E-state index is 0.339. The summed E-state index contributed by atoms with van der Waals surface area (Å²) in [6.07, 6.45) is 0. The highest BCUT2D eigenvalue weighted by molar-refractivity contribution is 5.79. The van der Waals surface area contributed by atoms with Gasteiger partial charge in [0.15, 0.2) is 5.60 Å². The zero-order chi connectivity index (χ0) is 16.0. The maximum atomic E-state index is 11.8. The summed E-state index contributed by atoms with van der Waals surface area (Å²) >= 11 is 0. The summed E-state index contributed by atoms with van der Waals surface area (Å²) in [4.78, 5) is 11.8. The average Bonchev–Trinajstić information content (AvgIpc) is 2.50. The van der Waals surface area contributed by atoms with E-state index in [9.17, 15) is 4.79 Å². The number of ether oxygens (including phenoxy) is 2. The quantitative estimate of drug-likeness (QED) is 0.814. The molecule has 0 aliphatic heterocycles. The van der Waals surface area contributed by atoms with E-state index >= 15 is 0 Å². The number of hydrogen-bond acceptors (Lipinski definition) is 4. The van der Waals surface area contributed by atoms with E-state index < -0.39 is 5.60 Å². The Morgan fingerprint density at radius 2 is 1.59 bits per heavy atom. The molecule has 2 rings (SSSR count). The molecule has 0 radical (unpaired) electrons. The second-order valence-corrected chi connectivity index (χ2v) is 5.35. The Hall–Kier alpha value is -2.49. The van der Waals surface area contributed by atoms with Gasteiger partial charge in [-0.2, -0.15) is 0 Å². The number of nitrogens with one attached hydrogen (secondary N) is 1. The third-order valence-electron chi connectivity index (χ3n) is 3.06. The van der Waals surface area contributed by atoms with Crippen molar-refractivity contribution in [3.8, 4) is 5.75 Å². The van der Waals surface area contributed by atoms with Crippen LogP contribution in [-0.2, 0) is 9.53 Å². The van der Waals surface area contributed by atoms with E-state index in [2.05, 4.69) is 5.32 Å². The van der Waals surface area contributed by atoms with Crippen LogP contribution >= 0.6 is 0 Å². The number of carbonyl (C=O) groups excluding carboxylic acids is 1. The van der Waals surface area contributed by atoms with Crippen molar-refractivity contribution < 1.29 is 14.3 Å². The number of anilines is 2. The summed E-state index contributed by atoms with van der Waals surface area (Å²) in [7, 11) is 0. The molecule has 0 fully saturated rings. The Labute approximate surface area is 131 Å². The van der Waals surface area contributed by atoms with E-state index in [1.54, 1.807) is 20.8 Å². The molecule has 0 amide bonds. The largest absolute Gasteiger partial charge is 0.476 e. The van der Waals surface area contributed by atoms with Crippen molar-refractivity contribution >= 4 is 17.3 Å². The van der Waals surface area contributed by atoms with E-state index in [-0.39, 0.29) is 5.97 Å². The van der Waals surface area contributed by atoms with Gasteiger partial charge in [0.25, 0.3) is 0 Å². The van der Waals surface area contributed by atoms with Crippen molar-refractivity contribution in [1.29, 1.82) is 0 Å². The van der Waals surface area contributed by atoms with Gasteiger partial charge in [0.05, 0.1) is 6.61 Å². The van der Waals surface area contributed by atoms with Gasteiger partial charge in [-0.15, -0.1) is 0 Å². The summed E-state index contributed by atoms with van der Waals surface area (Å²) < 4.78 is 10.7. The van der Waals surface area contributed by atoms with Crippen LogP contribution in [0.3, 0.4) is 0 Å². The van der Waals surface area contributed by atoms with Gasteiger partial charge in [0.2, 0.25) is 0 Å². The van der Waals surface area contributed by atoms with Crippen LogP contribution in [0.1, 0.15) is 20.8 Å². The van der Waals surface area contributed by atoms with E-state index in [0.29, 0.717) is 12.4 Å². The summed E-state index contributed by atoms with van der Waals surface area (Å²) in [5.41, 5.74) is 0.959. The maximum Gasteiger partial charge on any atom is 0.349 e. The summed E-state index contributed by atoms with van der Waals surface area (Å²) in [5.74, 6) is 0.248. The first-order valence-corrected chi connectivity index (χ1v) is 7.29. The number of carbonyl (C=O) groups is 1. The van der Waals surface area contributed by atoms with Gasteiger partial charge in [0.1, 0.15) is 5.75 Å². The minimum Gasteiger partial charge on any atom is -0.476 e. The monoisotopic (exact) mass is 299 g/mol. The smallest absolute Gasteiger partial charge is 0.349 e. The van der Waals surface area contributed by atoms with Crippen molar-refractivity contribution in [1.82, 2.24) is 0 Å². The molecule has 0 heterocycles. The topological polar surface area (TPSA) is 47.6 Å². The minimum atomic E-state index is -1.01. The van der Waals surface area contributed by atoms with E-state index in [1.165, 1.54) is 0 Å². The molecule has 0 aliphatic rings. The van der Waals surface area contributed by atoms with Crippen molar-refractivity contribution in [3.05, 3.63) is 54.6 Å². The second kappa shape index (κ2) is 6.98. The van der Waals surface area contributed by atoms with E-state index in [0.717, 1.165) is 11.4 Å². The van der Waals surface area contributed by atoms with Crippen LogP contribution in [0.25, 0.3) is 0 Å². The molecule has 22 heavy (non-hydrogen) atoms. The van der Waals surface area contributed by atoms with Gasteiger partial charge in [0, 0.05) is 11.4 Å². The summed E-state index contributed by atoms with van der Waals surface area (Å²) in [5, 5.41) is 3.29. The standard InChI is InChI=1S/C18H21NO3/c1-4-21-17(20)18(2,3)22-16-12-10-15(11-13-16)19-14-8-6-5-7-9-14/h5-13,19H,4H2,1-3H3. The number of benzene rings is 2. The highest BCUT2D eigenvalue weighted by Gasteiger charge is 2.31. The molecule has 4 nitrogen and oxygen atoms in total. The first-order valence-electron chi connectivity index (χ1n) is 7.29. The molecular weight excluding hydrogens is 278 g/mol. The third kappa shape index (κ3) is 4.25. The van der Waals surface area contributed by atoms with Crippen LogP contribution in [0.15, 0.2) is 54.6 Å². The molecule has 0 unspecified atom stereocenters. The van der Waals surface area contributed by atoms with Crippen LogP contribution in [0, 0.1) is 0 Å². The number of para-hydroxylation sites is 1. The Bertz CT molecular complexity index is 606. The molecule has 2 aromatic carbocycles. The van der Waals surface area contributed by atoms with Crippen LogP contribution in [0.5, 0.6) is 5.75 Å². The molecule has 2 aromatic rings. The van der Waals surface area contributed by atoms with Crippen LogP contribution in [0.4, 0.5) is 11.4 Å². The van der Waals surface area contributed by atoms with Gasteiger partial charge in [-0.05, 0) is 57.2 Å². The zero-order valence-electron chi connectivity index (χ0n) is 13.1. The van der Waals surface area contributed by atoms with Gasteiger partial charge < -0.3 is 14.8 Å². The molecule has 116 valence electrons. The summed E-state index contributed by atoms with van der Waals surface area (Å²) in [6.45, 7) is 5.51. The SMILES string of the molecule is CCOC(=O)C(C)(C)Oc1ccc(Nc2ccccc2)cc1. The van der Waals surface area contributed by atoms with Crippen molar-refractivity contribution in [3.63, 3.8) is 0 Å². The predicted molar refractivity (Wildman–Crippen MR) is 87.5 cm³/mol. The first kappa shape index (κ1) is 15.9. The lowest BCUT2D eigenvalue weighted by Gasteiger charge is -2.24. The Morgan fingerprint density at radius 3 is 2.18 bits per heavy atom. The molecular formula is C18H21NO3. The molecule has 0 bridgehead atoms. The number of rotatable bonds is 6. The van der Waals surface area contributed by atoms with E-state index in [4.69, 9.17) is 9.47 Å². The highest BCUT2D eigenvalue weighted by atomic mass is 16.6. The Morgan fingerprint density at radius 1 is 1.00 bits per heavy atom. The van der Waals surface area contributed by atoms with Gasteiger partial charge in [-0.25, -0.2) is 4.79 Å². The fourth-order valence-corrected chi connectivity index (χ4v) is 1.94. The van der Waals surface area contributed by atoms with Crippen molar-refractivity contribution in [2.45, 2.75) is 26.4 Å². The van der Waals surface area contributed by atoms with Crippen LogP contribution < -0.4 is 10.1 Å². The Kier molecular flexibility index (Phi) is 5.04. The third-order valence-corrected chi connectivity index (χ3v) is 3.06. The van der Waals surface area contributed by atoms with Gasteiger partial charge in [-0.1, -0.05) is 18.2 Å². The molecule has 0 aromatic heterocycles. The normalized spacial score (nSPS) is 10.9. The van der Waals surface area contributed by atoms with Crippen LogP contribution in [-0.4, -0.2) is 18.2 Å². The average molecular weight is 299 g/mol. The van der Waals surface area contributed by atoms with Crippen molar-refractivity contribution in [2.24, 2.45) is 0 Å². The lowest BCUT2D eigenvalue weighted by Crippen LogP contribution is -2.39. The number of hydrogen-bond donors (Lipinski definition) is 1. The van der Waals surface area contributed by atoms with E-state index in [1.807, 2.05) is 54.6 Å². The Balaban J connectivity index is 2.01. The fourth-order valence-electron chi connectivity index (χ4n) is 1.94. The first-order chi connectivity index (χ1) is 10.5. The summed E-state index contributed by atoms with van der Waals surface area (Å²) in [6, 6.07) is 17.4. The molecule has 0 saturated carbocycles. The predicted octanol–water partition coefficient (Wildman–Crippen LogP) is 4.15. The molecule has 1 N–H and O–H groups in total. The van der Waals surface area contributed by atoms with Crippen LogP contribution in [0.2, 0.25) is 0 Å². The lowest BCUT2D eigenvalue weighted by molar-refractivity contribution is -0.158. The maximum absolute atomic E-state index is 11.8. The number of esters is 1. The van der Waals surface area contributed by atoms with Gasteiger partial charge in [-0.3, -0.25) is 0 Å². The zero-order valence-corrected chi connectivity index (χ0v) is 13.1. The fraction of sp³-hybridized carbons (Fsp3) is 0.278. The highest BCUT2D eigenvalue weighted by Crippen LogP contribution is 2.23. The molecule has 0 aliphatic carbocycles. The van der Waals surface area contributed by atoms with Crippen molar-refractivity contribution in [2.75, 3.05) is 11.9 Å².